The van der Waals surface area contributed by atoms with Crippen molar-refractivity contribution < 1.29 is 18.8 Å². The van der Waals surface area contributed by atoms with Gasteiger partial charge in [0.1, 0.15) is 11.7 Å². The number of likely N-dealkylation sites (tertiary alicyclic amines) is 1. The van der Waals surface area contributed by atoms with E-state index in [1.165, 1.54) is 10.9 Å². The number of nitrogens with zero attached hydrogens (tertiary/aromatic N) is 8. The van der Waals surface area contributed by atoms with Gasteiger partial charge in [0, 0.05) is 132 Å². The van der Waals surface area contributed by atoms with E-state index in [1.54, 1.807) is 18.7 Å². The van der Waals surface area contributed by atoms with Gasteiger partial charge in [-0.25, -0.2) is 9.38 Å². The molecule has 3 amide bonds. The van der Waals surface area contributed by atoms with Gasteiger partial charge in [-0.05, 0) is 112 Å². The van der Waals surface area contributed by atoms with E-state index in [0.29, 0.717) is 36.9 Å². The van der Waals surface area contributed by atoms with Crippen molar-refractivity contribution in [2.45, 2.75) is 96.1 Å². The molecule has 2 aromatic carbocycles. The third-order valence-corrected chi connectivity index (χ3v) is 14.9. The zero-order valence-corrected chi connectivity index (χ0v) is 38.3. The number of piperazine rings is 1. The molecular formula is C50H67FN10O3. The van der Waals surface area contributed by atoms with Gasteiger partial charge in [0.25, 0.3) is 5.91 Å². The number of carbonyl (C=O) groups is 3. The molecule has 9 rings (SSSR count). The third-order valence-electron chi connectivity index (χ3n) is 14.9. The Labute approximate surface area is 377 Å². The van der Waals surface area contributed by atoms with E-state index in [9.17, 15) is 14.4 Å². The largest absolute Gasteiger partial charge is 0.372 e. The topological polar surface area (TPSA) is 123 Å². The number of para-hydroxylation sites is 1. The number of aliphatic imine (C=N–C) groups is 2. The lowest BCUT2D eigenvalue weighted by Gasteiger charge is -2.43. The van der Waals surface area contributed by atoms with Crippen molar-refractivity contribution >= 4 is 46.5 Å². The lowest BCUT2D eigenvalue weighted by atomic mass is 9.88. The number of imide groups is 1. The number of anilines is 1. The first-order valence-electron chi connectivity index (χ1n) is 23.8. The molecule has 6 aliphatic rings. The van der Waals surface area contributed by atoms with Crippen molar-refractivity contribution in [2.24, 2.45) is 21.8 Å². The van der Waals surface area contributed by atoms with E-state index < -0.39 is 11.7 Å². The van der Waals surface area contributed by atoms with Crippen molar-refractivity contribution in [1.82, 2.24) is 34.8 Å². The highest BCUT2D eigenvalue weighted by atomic mass is 19.1. The van der Waals surface area contributed by atoms with Crippen LogP contribution in [0.2, 0.25) is 0 Å². The molecule has 4 saturated heterocycles. The van der Waals surface area contributed by atoms with Gasteiger partial charge in [0.05, 0.1) is 6.04 Å². The number of aromatic nitrogens is 1. The highest BCUT2D eigenvalue weighted by Gasteiger charge is 2.41. The van der Waals surface area contributed by atoms with Crippen LogP contribution in [0.4, 0.5) is 10.1 Å². The molecule has 13 nitrogen and oxygen atoms in total. The zero-order chi connectivity index (χ0) is 44.7. The smallest absolute Gasteiger partial charge is 0.255 e. The Kier molecular flexibility index (Phi) is 12.8. The third kappa shape index (κ3) is 9.42. The molecule has 3 atom stereocenters. The van der Waals surface area contributed by atoms with Gasteiger partial charge < -0.3 is 29.5 Å². The second kappa shape index (κ2) is 18.5. The van der Waals surface area contributed by atoms with Crippen LogP contribution in [0.15, 0.2) is 64.6 Å². The minimum atomic E-state index is -1.35. The van der Waals surface area contributed by atoms with Gasteiger partial charge in [0.15, 0.2) is 0 Å². The predicted octanol–water partition coefficient (Wildman–Crippen LogP) is 5.82. The molecule has 342 valence electrons. The van der Waals surface area contributed by atoms with Crippen LogP contribution in [-0.4, -0.2) is 156 Å². The molecule has 0 bridgehead atoms. The number of carbonyl (C=O) groups excluding carboxylic acids is 3. The maximum absolute atomic E-state index is 15.2. The van der Waals surface area contributed by atoms with E-state index in [2.05, 4.69) is 89.7 Å². The van der Waals surface area contributed by atoms with Gasteiger partial charge in [0.2, 0.25) is 17.8 Å². The molecule has 0 spiro atoms. The van der Waals surface area contributed by atoms with Crippen LogP contribution in [0.25, 0.3) is 10.9 Å². The summed E-state index contributed by atoms with van der Waals surface area (Å²) in [5.41, 5.74) is 5.74. The number of guanidine groups is 1. The van der Waals surface area contributed by atoms with E-state index >= 15 is 4.39 Å². The number of piperidine rings is 3. The minimum absolute atomic E-state index is 0.120. The van der Waals surface area contributed by atoms with E-state index in [1.807, 2.05) is 19.3 Å². The van der Waals surface area contributed by atoms with E-state index in [0.717, 1.165) is 132 Å². The molecule has 0 aliphatic carbocycles. The van der Waals surface area contributed by atoms with E-state index in [4.69, 9.17) is 4.99 Å². The lowest BCUT2D eigenvalue weighted by molar-refractivity contribution is -0.136. The summed E-state index contributed by atoms with van der Waals surface area (Å²) in [6.45, 7) is 21.4. The number of alkyl halides is 1. The normalized spacial score (nSPS) is 25.1. The van der Waals surface area contributed by atoms with Crippen molar-refractivity contribution in [2.75, 3.05) is 83.9 Å². The fourth-order valence-corrected chi connectivity index (χ4v) is 11.4. The van der Waals surface area contributed by atoms with Crippen LogP contribution in [0.3, 0.4) is 0 Å². The molecule has 1 unspecified atom stereocenters. The monoisotopic (exact) mass is 875 g/mol. The Morgan fingerprint density at radius 1 is 0.906 bits per heavy atom. The fraction of sp³-hybridized carbons (Fsp3) is 0.580. The first-order chi connectivity index (χ1) is 30.8. The molecule has 6 aliphatic heterocycles. The number of benzene rings is 2. The summed E-state index contributed by atoms with van der Waals surface area (Å²) in [5, 5.41) is 3.62. The Hall–Kier alpha value is -4.92. The molecule has 64 heavy (non-hydrogen) atoms. The summed E-state index contributed by atoms with van der Waals surface area (Å²) in [6, 6.07) is 13.9. The summed E-state index contributed by atoms with van der Waals surface area (Å²) in [6.07, 6.45) is 7.90. The number of hydrogen-bond acceptors (Lipinski definition) is 8. The van der Waals surface area contributed by atoms with Crippen molar-refractivity contribution in [3.8, 4) is 0 Å². The second-order valence-electron chi connectivity index (χ2n) is 20.0. The van der Waals surface area contributed by atoms with Crippen LogP contribution < -0.4 is 10.2 Å². The molecule has 2 N–H and O–H groups in total. The maximum atomic E-state index is 15.2. The van der Waals surface area contributed by atoms with Crippen molar-refractivity contribution in [1.29, 1.82) is 0 Å². The fourth-order valence-electron chi connectivity index (χ4n) is 11.4. The number of halogens is 1. The molecular weight excluding hydrogens is 808 g/mol. The van der Waals surface area contributed by atoms with Crippen LogP contribution in [0.5, 0.6) is 0 Å². The summed E-state index contributed by atoms with van der Waals surface area (Å²) in [4.78, 5) is 64.5. The number of rotatable bonds is 10. The molecule has 0 saturated carbocycles. The first-order valence-corrected chi connectivity index (χ1v) is 23.8. The van der Waals surface area contributed by atoms with Gasteiger partial charge >= 0.3 is 0 Å². The van der Waals surface area contributed by atoms with Gasteiger partial charge in [-0.15, -0.1) is 0 Å². The molecule has 1 aromatic heterocycles. The Morgan fingerprint density at radius 3 is 2.23 bits per heavy atom. The standard InChI is InChI=1S/C50H67FN10O3/c1-33(46-45-41(40-8-6-7-9-42(40)54-45)26-34(2)61(46)32-50(3,4)51)28-53-49(52-5)59-20-16-36(17-21-59)30-57-24-22-56(23-25-57)29-35-14-18-58(19-15-35)38-10-11-39-37(27-38)31-60(48(39)64)43-12-13-44(62)55-47(43)63/h6-11,27-28,34-36,43,46,54H,1,12-26,29-32H2,2-5H3,(H,55,62,63)/b52-49+,53-28-/t34-,43?,46-/m1/s1. The Morgan fingerprint density at radius 2 is 1.58 bits per heavy atom. The number of hydrogen-bond donors (Lipinski definition) is 2. The summed E-state index contributed by atoms with van der Waals surface area (Å²) >= 11 is 0. The summed E-state index contributed by atoms with van der Waals surface area (Å²) in [5.74, 6) is 1.31. The average Bonchev–Trinajstić information content (AvgIpc) is 3.81. The number of nitrogens with one attached hydrogen (secondary N) is 2. The Bertz CT molecular complexity index is 2290. The molecule has 4 fully saturated rings. The number of H-pyrrole nitrogens is 1. The number of fused-ring (bicyclic) bond motifs is 4. The number of aromatic amines is 1. The second-order valence-corrected chi connectivity index (χ2v) is 20.0. The molecule has 3 aromatic rings. The number of amides is 3. The SMILES string of the molecule is C=C(/C=N\C(=N/C)N1CCC(CN2CCN(CC3CCN(c4ccc5c(c4)CN(C4CCC(=O)NC4=O)C5=O)CC3)CC2)CC1)[C@@H]1c2[nH]c3ccccc3c2C[C@@H](C)N1CC(C)(C)F. The first kappa shape index (κ1) is 44.3. The van der Waals surface area contributed by atoms with Crippen molar-refractivity contribution in [3.05, 3.63) is 77.0 Å². The molecule has 0 radical (unpaired) electrons. The molecule has 7 heterocycles. The van der Waals surface area contributed by atoms with Crippen LogP contribution >= 0.6 is 0 Å². The van der Waals surface area contributed by atoms with Crippen LogP contribution in [0, 0.1) is 11.8 Å². The Balaban J connectivity index is 0.712. The van der Waals surface area contributed by atoms with Crippen LogP contribution in [-0.2, 0) is 22.6 Å². The van der Waals surface area contributed by atoms with Crippen LogP contribution in [0.1, 0.15) is 92.5 Å². The quantitative estimate of drug-likeness (QED) is 0.149. The highest BCUT2D eigenvalue weighted by Crippen LogP contribution is 2.41. The maximum Gasteiger partial charge on any atom is 0.255 e. The average molecular weight is 875 g/mol. The van der Waals surface area contributed by atoms with Gasteiger partial charge in [-0.1, -0.05) is 24.8 Å². The summed E-state index contributed by atoms with van der Waals surface area (Å²) in [7, 11) is 1.82. The summed E-state index contributed by atoms with van der Waals surface area (Å²) < 4.78 is 15.2. The van der Waals surface area contributed by atoms with E-state index in [-0.39, 0.29) is 36.2 Å². The van der Waals surface area contributed by atoms with Crippen molar-refractivity contribution in [3.63, 3.8) is 0 Å². The molecule has 14 heteroatoms. The lowest BCUT2D eigenvalue weighted by Crippen LogP contribution is -2.52. The highest BCUT2D eigenvalue weighted by molar-refractivity contribution is 6.05. The van der Waals surface area contributed by atoms with Gasteiger partial charge in [-0.2, -0.15) is 0 Å². The van der Waals surface area contributed by atoms with Gasteiger partial charge in [-0.3, -0.25) is 29.6 Å². The minimum Gasteiger partial charge on any atom is -0.372 e. The zero-order valence-electron chi connectivity index (χ0n) is 38.3. The predicted molar refractivity (Wildman–Crippen MR) is 252 cm³/mol.